The molecule has 3 nitrogen and oxygen atoms in total. The highest BCUT2D eigenvalue weighted by atomic mass is 16.3. The van der Waals surface area contributed by atoms with Gasteiger partial charge in [0.2, 0.25) is 0 Å². The second-order valence-electron chi connectivity index (χ2n) is 5.32. The third-order valence-corrected chi connectivity index (χ3v) is 3.83. The summed E-state index contributed by atoms with van der Waals surface area (Å²) in [4.78, 5) is 2.53. The van der Waals surface area contributed by atoms with Crippen molar-refractivity contribution in [1.29, 1.82) is 0 Å². The van der Waals surface area contributed by atoms with E-state index in [4.69, 9.17) is 0 Å². The van der Waals surface area contributed by atoms with Gasteiger partial charge < -0.3 is 15.3 Å². The zero-order valence-corrected chi connectivity index (χ0v) is 11.6. The Morgan fingerprint density at radius 3 is 2.76 bits per heavy atom. The molecule has 2 atom stereocenters. The predicted octanol–water partition coefficient (Wildman–Crippen LogP) is 1.86. The van der Waals surface area contributed by atoms with E-state index in [0.29, 0.717) is 0 Å². The van der Waals surface area contributed by atoms with Crippen LogP contribution < -0.4 is 5.32 Å². The van der Waals surface area contributed by atoms with E-state index in [0.717, 1.165) is 19.0 Å². The molecule has 0 amide bonds. The molecular formula is C14H30N2O. The Labute approximate surface area is 107 Å². The Morgan fingerprint density at radius 2 is 2.12 bits per heavy atom. The summed E-state index contributed by atoms with van der Waals surface area (Å²) in [5.41, 5.74) is 0. The van der Waals surface area contributed by atoms with Crippen LogP contribution in [0.25, 0.3) is 0 Å². The van der Waals surface area contributed by atoms with Crippen LogP contribution in [0.3, 0.4) is 0 Å². The first-order valence-corrected chi connectivity index (χ1v) is 7.36. The highest BCUT2D eigenvalue weighted by molar-refractivity contribution is 4.75. The molecule has 1 aliphatic heterocycles. The van der Waals surface area contributed by atoms with E-state index in [-0.39, 0.29) is 12.6 Å². The molecule has 0 spiro atoms. The van der Waals surface area contributed by atoms with Crippen molar-refractivity contribution < 1.29 is 5.11 Å². The topological polar surface area (TPSA) is 35.5 Å². The maximum Gasteiger partial charge on any atom is 0.0597 e. The Morgan fingerprint density at radius 1 is 1.29 bits per heavy atom. The van der Waals surface area contributed by atoms with Gasteiger partial charge in [0.25, 0.3) is 0 Å². The van der Waals surface area contributed by atoms with Gasteiger partial charge in [-0.25, -0.2) is 0 Å². The van der Waals surface area contributed by atoms with E-state index in [9.17, 15) is 5.11 Å². The second-order valence-corrected chi connectivity index (χ2v) is 5.32. The maximum absolute atomic E-state index is 9.31. The van der Waals surface area contributed by atoms with Crippen molar-refractivity contribution in [3.63, 3.8) is 0 Å². The predicted molar refractivity (Wildman–Crippen MR) is 73.2 cm³/mol. The van der Waals surface area contributed by atoms with Crippen molar-refractivity contribution in [3.8, 4) is 0 Å². The largest absolute Gasteiger partial charge is 0.395 e. The van der Waals surface area contributed by atoms with Crippen LogP contribution in [0.15, 0.2) is 0 Å². The van der Waals surface area contributed by atoms with Gasteiger partial charge in [-0.1, -0.05) is 26.7 Å². The lowest BCUT2D eigenvalue weighted by atomic mass is 9.96. The minimum Gasteiger partial charge on any atom is -0.395 e. The number of likely N-dealkylation sites (N-methyl/N-ethyl adjacent to an activating group) is 1. The van der Waals surface area contributed by atoms with E-state index in [1.807, 2.05) is 0 Å². The molecule has 0 radical (unpaired) electrons. The molecule has 0 aromatic heterocycles. The average molecular weight is 242 g/mol. The van der Waals surface area contributed by atoms with Crippen molar-refractivity contribution in [3.05, 3.63) is 0 Å². The van der Waals surface area contributed by atoms with Gasteiger partial charge in [-0.3, -0.25) is 0 Å². The quantitative estimate of drug-likeness (QED) is 0.715. The fourth-order valence-electron chi connectivity index (χ4n) is 2.89. The normalized spacial score (nSPS) is 24.5. The molecule has 0 saturated carbocycles. The summed E-state index contributed by atoms with van der Waals surface area (Å²) in [6, 6.07) is 0.253. The van der Waals surface area contributed by atoms with Crippen molar-refractivity contribution in [2.75, 3.05) is 32.8 Å². The maximum atomic E-state index is 9.31. The third kappa shape index (κ3) is 5.84. The van der Waals surface area contributed by atoms with E-state index in [2.05, 4.69) is 24.1 Å². The Kier molecular flexibility index (Phi) is 7.82. The minimum absolute atomic E-state index is 0.253. The average Bonchev–Trinajstić information content (AvgIpc) is 2.55. The molecule has 102 valence electrons. The lowest BCUT2D eigenvalue weighted by molar-refractivity contribution is 0.184. The minimum atomic E-state index is 0.253. The van der Waals surface area contributed by atoms with E-state index >= 15 is 0 Å². The van der Waals surface area contributed by atoms with Crippen LogP contribution in [0.4, 0.5) is 0 Å². The number of nitrogens with one attached hydrogen (secondary N) is 1. The molecule has 1 fully saturated rings. The van der Waals surface area contributed by atoms with Crippen LogP contribution in [0.5, 0.6) is 0 Å². The van der Waals surface area contributed by atoms with Gasteiger partial charge in [0.1, 0.15) is 0 Å². The van der Waals surface area contributed by atoms with Crippen molar-refractivity contribution in [2.24, 2.45) is 5.92 Å². The van der Waals surface area contributed by atoms with Crippen molar-refractivity contribution >= 4 is 0 Å². The van der Waals surface area contributed by atoms with Gasteiger partial charge in [-0.2, -0.15) is 0 Å². The molecule has 0 aromatic rings. The van der Waals surface area contributed by atoms with Crippen LogP contribution >= 0.6 is 0 Å². The molecule has 0 aliphatic carbocycles. The van der Waals surface area contributed by atoms with E-state index in [1.165, 1.54) is 45.2 Å². The smallest absolute Gasteiger partial charge is 0.0597 e. The Hall–Kier alpha value is -0.120. The Balaban J connectivity index is 2.29. The second kappa shape index (κ2) is 8.90. The zero-order valence-electron chi connectivity index (χ0n) is 11.6. The van der Waals surface area contributed by atoms with Gasteiger partial charge in [0.15, 0.2) is 0 Å². The standard InChI is InChI=1S/C14H30N2O/c1-3-6-13-7-5-9-16(10-8-13)11-14(12-17)15-4-2/h13-15,17H,3-12H2,1-2H3. The van der Waals surface area contributed by atoms with Gasteiger partial charge in [-0.05, 0) is 44.8 Å². The SMILES string of the molecule is CCCC1CCCN(CC(CO)NCC)CC1. The van der Waals surface area contributed by atoms with E-state index in [1.54, 1.807) is 0 Å². The molecule has 0 bridgehead atoms. The molecule has 1 heterocycles. The molecule has 2 unspecified atom stereocenters. The van der Waals surface area contributed by atoms with Gasteiger partial charge in [0, 0.05) is 12.6 Å². The van der Waals surface area contributed by atoms with Crippen molar-refractivity contribution in [2.45, 2.75) is 52.0 Å². The summed E-state index contributed by atoms with van der Waals surface area (Å²) in [5.74, 6) is 0.941. The fraction of sp³-hybridized carbons (Fsp3) is 1.00. The molecule has 0 aromatic carbocycles. The number of nitrogens with zero attached hydrogens (tertiary/aromatic N) is 1. The van der Waals surface area contributed by atoms with Crippen LogP contribution in [-0.4, -0.2) is 48.8 Å². The van der Waals surface area contributed by atoms with Crippen LogP contribution in [-0.2, 0) is 0 Å². The van der Waals surface area contributed by atoms with Crippen molar-refractivity contribution in [1.82, 2.24) is 10.2 Å². The number of aliphatic hydroxyl groups excluding tert-OH is 1. The van der Waals surface area contributed by atoms with Crippen LogP contribution in [0.1, 0.15) is 46.0 Å². The zero-order chi connectivity index (χ0) is 12.5. The summed E-state index contributed by atoms with van der Waals surface area (Å²) in [5, 5.41) is 12.6. The summed E-state index contributed by atoms with van der Waals surface area (Å²) < 4.78 is 0. The first kappa shape index (κ1) is 14.9. The summed E-state index contributed by atoms with van der Waals surface area (Å²) in [7, 11) is 0. The first-order chi connectivity index (χ1) is 8.30. The molecule has 1 saturated heterocycles. The number of rotatable bonds is 7. The number of aliphatic hydroxyl groups is 1. The summed E-state index contributed by atoms with van der Waals surface area (Å²) >= 11 is 0. The summed E-state index contributed by atoms with van der Waals surface area (Å²) in [6.45, 7) is 9.01. The van der Waals surface area contributed by atoms with Gasteiger partial charge in [-0.15, -0.1) is 0 Å². The molecule has 3 heteroatoms. The highest BCUT2D eigenvalue weighted by Gasteiger charge is 2.18. The fourth-order valence-corrected chi connectivity index (χ4v) is 2.89. The number of hydrogen-bond donors (Lipinski definition) is 2. The molecule has 2 N–H and O–H groups in total. The van der Waals surface area contributed by atoms with Gasteiger partial charge >= 0.3 is 0 Å². The van der Waals surface area contributed by atoms with Crippen LogP contribution in [0.2, 0.25) is 0 Å². The number of hydrogen-bond acceptors (Lipinski definition) is 3. The Bertz CT molecular complexity index is 187. The first-order valence-electron chi connectivity index (χ1n) is 7.36. The third-order valence-electron chi connectivity index (χ3n) is 3.83. The summed E-state index contributed by atoms with van der Waals surface area (Å²) in [6.07, 6.45) is 6.79. The van der Waals surface area contributed by atoms with E-state index < -0.39 is 0 Å². The molecule has 1 aliphatic rings. The van der Waals surface area contributed by atoms with Gasteiger partial charge in [0.05, 0.1) is 6.61 Å². The lowest BCUT2D eigenvalue weighted by Gasteiger charge is -2.25. The van der Waals surface area contributed by atoms with Crippen LogP contribution in [0, 0.1) is 5.92 Å². The number of likely N-dealkylation sites (tertiary alicyclic amines) is 1. The highest BCUT2D eigenvalue weighted by Crippen LogP contribution is 2.21. The monoisotopic (exact) mass is 242 g/mol. The molecule has 17 heavy (non-hydrogen) atoms. The molecule has 1 rings (SSSR count). The molecular weight excluding hydrogens is 212 g/mol. The lowest BCUT2D eigenvalue weighted by Crippen LogP contribution is -2.43.